The van der Waals surface area contributed by atoms with Crippen LogP contribution in [0.2, 0.25) is 0 Å². The Morgan fingerprint density at radius 3 is 2.42 bits per heavy atom. The number of benzene rings is 2. The standard InChI is InChI=1S/C24H29N5O2/c30-23-18-26-29(22-9-5-4-8-21(22)23)12-10-24(31)25-11-13-27-14-16-28(17-15-27)19-20-6-2-1-3-7-20/h1-9,18H,10-17,19H2,(H,25,31). The summed E-state index contributed by atoms with van der Waals surface area (Å²) < 4.78 is 1.72. The van der Waals surface area contributed by atoms with Gasteiger partial charge in [0.05, 0.1) is 18.3 Å². The topological polar surface area (TPSA) is 70.5 Å². The summed E-state index contributed by atoms with van der Waals surface area (Å²) in [4.78, 5) is 29.1. The fourth-order valence-electron chi connectivity index (χ4n) is 4.00. The lowest BCUT2D eigenvalue weighted by molar-refractivity contribution is -0.121. The van der Waals surface area contributed by atoms with Gasteiger partial charge in [0.2, 0.25) is 11.3 Å². The maximum atomic E-state index is 12.3. The van der Waals surface area contributed by atoms with Crippen LogP contribution in [0.1, 0.15) is 12.0 Å². The molecule has 7 heteroatoms. The molecule has 0 atom stereocenters. The summed E-state index contributed by atoms with van der Waals surface area (Å²) >= 11 is 0. The number of carbonyl (C=O) groups excluding carboxylic acids is 1. The van der Waals surface area contributed by atoms with Gasteiger partial charge in [-0.25, -0.2) is 0 Å². The molecular formula is C24H29N5O2. The molecule has 0 spiro atoms. The Hall–Kier alpha value is -3.03. The largest absolute Gasteiger partial charge is 0.355 e. The Morgan fingerprint density at radius 1 is 0.903 bits per heavy atom. The third-order valence-corrected chi connectivity index (χ3v) is 5.78. The van der Waals surface area contributed by atoms with E-state index in [0.29, 0.717) is 24.9 Å². The third kappa shape index (κ3) is 5.77. The van der Waals surface area contributed by atoms with Crippen LogP contribution < -0.4 is 10.7 Å². The van der Waals surface area contributed by atoms with Crippen LogP contribution in [0.4, 0.5) is 0 Å². The van der Waals surface area contributed by atoms with Crippen LogP contribution >= 0.6 is 0 Å². The van der Waals surface area contributed by atoms with Gasteiger partial charge in [0, 0.05) is 57.6 Å². The lowest BCUT2D eigenvalue weighted by Gasteiger charge is -2.34. The molecule has 1 amide bonds. The number of aromatic nitrogens is 2. The van der Waals surface area contributed by atoms with Crippen molar-refractivity contribution >= 4 is 16.8 Å². The number of amides is 1. The SMILES string of the molecule is O=C(CCn1ncc(=O)c2ccccc21)NCCN1CCN(Cc2ccccc2)CC1. The molecule has 0 unspecified atom stereocenters. The van der Waals surface area contributed by atoms with Crippen LogP contribution in [0.15, 0.2) is 65.6 Å². The highest BCUT2D eigenvalue weighted by molar-refractivity contribution is 5.79. The number of carbonyl (C=O) groups is 1. The van der Waals surface area contributed by atoms with E-state index in [-0.39, 0.29) is 11.3 Å². The predicted octanol–water partition coefficient (Wildman–Crippen LogP) is 1.72. The van der Waals surface area contributed by atoms with Crippen LogP contribution in [0.3, 0.4) is 0 Å². The van der Waals surface area contributed by atoms with E-state index in [9.17, 15) is 9.59 Å². The summed E-state index contributed by atoms with van der Waals surface area (Å²) in [6.45, 7) is 7.11. The fourth-order valence-corrected chi connectivity index (χ4v) is 4.00. The molecule has 3 aromatic rings. The molecule has 0 aliphatic carbocycles. The molecule has 0 saturated carbocycles. The summed E-state index contributed by atoms with van der Waals surface area (Å²) in [6, 6.07) is 17.9. The molecule has 1 aromatic heterocycles. The van der Waals surface area contributed by atoms with E-state index in [1.807, 2.05) is 18.2 Å². The van der Waals surface area contributed by atoms with Gasteiger partial charge in [0.25, 0.3) is 0 Å². The minimum Gasteiger partial charge on any atom is -0.355 e. The number of para-hydroxylation sites is 1. The van der Waals surface area contributed by atoms with Gasteiger partial charge in [-0.05, 0) is 17.7 Å². The monoisotopic (exact) mass is 419 g/mol. The van der Waals surface area contributed by atoms with E-state index in [4.69, 9.17) is 0 Å². The van der Waals surface area contributed by atoms with Gasteiger partial charge in [-0.1, -0.05) is 42.5 Å². The van der Waals surface area contributed by atoms with Crippen molar-refractivity contribution in [3.05, 3.63) is 76.6 Å². The van der Waals surface area contributed by atoms with Gasteiger partial charge >= 0.3 is 0 Å². The molecule has 1 aliphatic rings. The second-order valence-electron chi connectivity index (χ2n) is 7.95. The number of nitrogens with one attached hydrogen (secondary N) is 1. The van der Waals surface area contributed by atoms with Crippen molar-refractivity contribution in [1.29, 1.82) is 0 Å². The number of aryl methyl sites for hydroxylation is 1. The van der Waals surface area contributed by atoms with Gasteiger partial charge in [-0.2, -0.15) is 5.10 Å². The van der Waals surface area contributed by atoms with Gasteiger partial charge in [-0.15, -0.1) is 0 Å². The summed E-state index contributed by atoms with van der Waals surface area (Å²) in [7, 11) is 0. The van der Waals surface area contributed by atoms with Gasteiger partial charge in [0.15, 0.2) is 0 Å². The highest BCUT2D eigenvalue weighted by atomic mass is 16.1. The van der Waals surface area contributed by atoms with Crippen LogP contribution in [-0.2, 0) is 17.9 Å². The molecule has 2 aromatic carbocycles. The predicted molar refractivity (Wildman–Crippen MR) is 122 cm³/mol. The van der Waals surface area contributed by atoms with Crippen molar-refractivity contribution in [2.75, 3.05) is 39.3 Å². The first-order valence-electron chi connectivity index (χ1n) is 10.9. The van der Waals surface area contributed by atoms with Crippen molar-refractivity contribution in [3.8, 4) is 0 Å². The molecule has 1 saturated heterocycles. The Bertz CT molecular complexity index is 1060. The Labute approximate surface area is 182 Å². The van der Waals surface area contributed by atoms with Crippen molar-refractivity contribution in [2.45, 2.75) is 19.5 Å². The summed E-state index contributed by atoms with van der Waals surface area (Å²) in [5.41, 5.74) is 2.02. The zero-order valence-corrected chi connectivity index (χ0v) is 17.7. The van der Waals surface area contributed by atoms with Crippen LogP contribution in [0, 0.1) is 0 Å². The first-order valence-corrected chi connectivity index (χ1v) is 10.9. The second-order valence-corrected chi connectivity index (χ2v) is 7.95. The first kappa shape index (κ1) is 21.2. The number of hydrogen-bond acceptors (Lipinski definition) is 5. The van der Waals surface area contributed by atoms with Gasteiger partial charge in [0.1, 0.15) is 0 Å². The minimum absolute atomic E-state index is 0.00675. The number of fused-ring (bicyclic) bond motifs is 1. The zero-order valence-electron chi connectivity index (χ0n) is 17.7. The summed E-state index contributed by atoms with van der Waals surface area (Å²) in [6.07, 6.45) is 1.66. The molecule has 4 rings (SSSR count). The van der Waals surface area contributed by atoms with Crippen molar-refractivity contribution < 1.29 is 4.79 Å². The maximum Gasteiger partial charge on any atom is 0.221 e. The van der Waals surface area contributed by atoms with E-state index in [1.54, 1.807) is 10.7 Å². The Balaban J connectivity index is 1.16. The smallest absolute Gasteiger partial charge is 0.221 e. The van der Waals surface area contributed by atoms with E-state index in [1.165, 1.54) is 11.8 Å². The average molecular weight is 420 g/mol. The normalized spacial score (nSPS) is 15.2. The molecule has 2 heterocycles. The van der Waals surface area contributed by atoms with Crippen LogP contribution in [0.25, 0.3) is 10.9 Å². The molecule has 0 bridgehead atoms. The molecular weight excluding hydrogens is 390 g/mol. The summed E-state index contributed by atoms with van der Waals surface area (Å²) in [5.74, 6) is 0.00675. The Kier molecular flexibility index (Phi) is 7.07. The lowest BCUT2D eigenvalue weighted by atomic mass is 10.2. The number of rotatable bonds is 8. The molecule has 162 valence electrons. The van der Waals surface area contributed by atoms with E-state index in [0.717, 1.165) is 44.8 Å². The fraction of sp³-hybridized carbons (Fsp3) is 0.375. The van der Waals surface area contributed by atoms with Gasteiger partial charge < -0.3 is 5.32 Å². The van der Waals surface area contributed by atoms with Gasteiger partial charge in [-0.3, -0.25) is 24.1 Å². The van der Waals surface area contributed by atoms with E-state index < -0.39 is 0 Å². The Morgan fingerprint density at radius 2 is 1.61 bits per heavy atom. The minimum atomic E-state index is -0.0971. The number of hydrogen-bond donors (Lipinski definition) is 1. The van der Waals surface area contributed by atoms with Crippen molar-refractivity contribution in [3.63, 3.8) is 0 Å². The molecule has 1 N–H and O–H groups in total. The lowest BCUT2D eigenvalue weighted by Crippen LogP contribution is -2.48. The highest BCUT2D eigenvalue weighted by Crippen LogP contribution is 2.09. The summed E-state index contributed by atoms with van der Waals surface area (Å²) in [5, 5.41) is 7.82. The number of piperazine rings is 1. The second kappa shape index (κ2) is 10.3. The molecule has 1 fully saturated rings. The van der Waals surface area contributed by atoms with Crippen LogP contribution in [0.5, 0.6) is 0 Å². The quantitative estimate of drug-likeness (QED) is 0.602. The third-order valence-electron chi connectivity index (χ3n) is 5.78. The van der Waals surface area contributed by atoms with E-state index in [2.05, 4.69) is 50.5 Å². The highest BCUT2D eigenvalue weighted by Gasteiger charge is 2.16. The number of nitrogens with zero attached hydrogens (tertiary/aromatic N) is 4. The molecule has 0 radical (unpaired) electrons. The zero-order chi connectivity index (χ0) is 21.5. The molecule has 1 aliphatic heterocycles. The average Bonchev–Trinajstić information content (AvgIpc) is 2.81. The van der Waals surface area contributed by atoms with E-state index >= 15 is 0 Å². The maximum absolute atomic E-state index is 12.3. The first-order chi connectivity index (χ1) is 15.2. The molecule has 31 heavy (non-hydrogen) atoms. The van der Waals surface area contributed by atoms with Crippen LogP contribution in [-0.4, -0.2) is 64.8 Å². The van der Waals surface area contributed by atoms with Crippen molar-refractivity contribution in [1.82, 2.24) is 24.9 Å². The molecule has 7 nitrogen and oxygen atoms in total. The van der Waals surface area contributed by atoms with Crippen molar-refractivity contribution in [2.24, 2.45) is 0 Å².